The van der Waals surface area contributed by atoms with Crippen LogP contribution in [0.5, 0.6) is 0 Å². The molecule has 164 valence electrons. The molecule has 4 rings (SSSR count). The molecule has 1 aliphatic rings. The van der Waals surface area contributed by atoms with Crippen LogP contribution in [0.2, 0.25) is 0 Å². The van der Waals surface area contributed by atoms with Crippen LogP contribution in [-0.4, -0.2) is 55.6 Å². The molecule has 2 aromatic carbocycles. The lowest BCUT2D eigenvalue weighted by Crippen LogP contribution is -2.48. The summed E-state index contributed by atoms with van der Waals surface area (Å²) in [6, 6.07) is 10.6. The van der Waals surface area contributed by atoms with Gasteiger partial charge in [-0.2, -0.15) is 0 Å². The number of fused-ring (bicyclic) bond motifs is 1. The van der Waals surface area contributed by atoms with Crippen LogP contribution in [0.4, 0.5) is 5.13 Å². The second-order valence-electron chi connectivity index (χ2n) is 8.27. The van der Waals surface area contributed by atoms with Gasteiger partial charge in [0, 0.05) is 31.7 Å². The van der Waals surface area contributed by atoms with Crippen molar-refractivity contribution in [2.45, 2.75) is 37.8 Å². The van der Waals surface area contributed by atoms with Crippen molar-refractivity contribution in [1.82, 2.24) is 9.88 Å². The Morgan fingerprint density at radius 2 is 1.71 bits per heavy atom. The second kappa shape index (κ2) is 8.24. The Balaban J connectivity index is 1.49. The summed E-state index contributed by atoms with van der Waals surface area (Å²) in [4.78, 5) is 22.1. The summed E-state index contributed by atoms with van der Waals surface area (Å²) in [5.41, 5.74) is 3.88. The molecular weight excluding hydrogens is 430 g/mol. The van der Waals surface area contributed by atoms with Crippen molar-refractivity contribution < 1.29 is 13.2 Å². The third-order valence-electron chi connectivity index (χ3n) is 5.80. The molecule has 1 amide bonds. The Labute approximate surface area is 187 Å². The van der Waals surface area contributed by atoms with E-state index in [2.05, 4.69) is 30.9 Å². The molecule has 1 saturated heterocycles. The van der Waals surface area contributed by atoms with Gasteiger partial charge < -0.3 is 9.80 Å². The number of sulfone groups is 1. The van der Waals surface area contributed by atoms with E-state index in [-0.39, 0.29) is 10.8 Å². The molecule has 0 radical (unpaired) electrons. The first kappa shape index (κ1) is 21.8. The quantitative estimate of drug-likeness (QED) is 0.591. The van der Waals surface area contributed by atoms with Gasteiger partial charge in [-0.25, -0.2) is 13.4 Å². The van der Waals surface area contributed by atoms with E-state index in [1.165, 1.54) is 21.9 Å². The zero-order valence-electron chi connectivity index (χ0n) is 18.3. The zero-order valence-corrected chi connectivity index (χ0v) is 19.9. The predicted octanol–water partition coefficient (Wildman–Crippen LogP) is 4.06. The third kappa shape index (κ3) is 4.06. The number of anilines is 1. The third-order valence-corrected chi connectivity index (χ3v) is 9.20. The zero-order chi connectivity index (χ0) is 22.3. The van der Waals surface area contributed by atoms with E-state index >= 15 is 0 Å². The first-order valence-corrected chi connectivity index (χ1v) is 12.8. The highest BCUT2D eigenvalue weighted by molar-refractivity contribution is 7.92. The lowest BCUT2D eigenvalue weighted by atomic mass is 10.1. The molecule has 6 nitrogen and oxygen atoms in total. The minimum Gasteiger partial charge on any atom is -0.345 e. The molecule has 3 aromatic rings. The molecule has 0 unspecified atom stereocenters. The molecule has 31 heavy (non-hydrogen) atoms. The van der Waals surface area contributed by atoms with Gasteiger partial charge in [-0.05, 0) is 57.0 Å². The molecule has 2 heterocycles. The number of rotatable bonds is 4. The number of benzene rings is 2. The first-order valence-electron chi connectivity index (χ1n) is 10.4. The average Bonchev–Trinajstić information content (AvgIpc) is 3.23. The molecule has 0 spiro atoms. The molecule has 0 bridgehead atoms. The standard InChI is InChI=1S/C23H27N3O3S2/c1-15(2)31(28,29)19-7-5-6-18(14-19)22(27)25-10-12-26(13-11-25)23-24-20-16(3)8-9-17(4)21(20)30-23/h5-9,14-15H,10-13H2,1-4H3. The first-order chi connectivity index (χ1) is 14.7. The van der Waals surface area contributed by atoms with Gasteiger partial charge in [0.2, 0.25) is 0 Å². The van der Waals surface area contributed by atoms with E-state index in [0.717, 1.165) is 10.6 Å². The summed E-state index contributed by atoms with van der Waals surface area (Å²) < 4.78 is 26.2. The summed E-state index contributed by atoms with van der Waals surface area (Å²) in [5, 5.41) is 0.465. The van der Waals surface area contributed by atoms with Crippen molar-refractivity contribution in [3.8, 4) is 0 Å². The van der Waals surface area contributed by atoms with Gasteiger partial charge in [-0.3, -0.25) is 4.79 Å². The van der Waals surface area contributed by atoms with Crippen molar-refractivity contribution in [2.75, 3.05) is 31.1 Å². The molecule has 0 aliphatic carbocycles. The number of thiazole rings is 1. The van der Waals surface area contributed by atoms with Gasteiger partial charge in [-0.1, -0.05) is 29.5 Å². The fourth-order valence-corrected chi connectivity index (χ4v) is 6.01. The minimum atomic E-state index is -3.41. The van der Waals surface area contributed by atoms with Crippen LogP contribution in [0, 0.1) is 13.8 Å². The van der Waals surface area contributed by atoms with E-state index in [1.54, 1.807) is 48.3 Å². The van der Waals surface area contributed by atoms with E-state index < -0.39 is 15.1 Å². The van der Waals surface area contributed by atoms with Crippen molar-refractivity contribution in [3.05, 3.63) is 53.1 Å². The highest BCUT2D eigenvalue weighted by Crippen LogP contribution is 2.33. The number of aryl methyl sites for hydroxylation is 2. The fraction of sp³-hybridized carbons (Fsp3) is 0.391. The van der Waals surface area contributed by atoms with Crippen LogP contribution >= 0.6 is 11.3 Å². The Morgan fingerprint density at radius 3 is 2.35 bits per heavy atom. The summed E-state index contributed by atoms with van der Waals surface area (Å²) in [5.74, 6) is -0.128. The van der Waals surface area contributed by atoms with Crippen molar-refractivity contribution in [1.29, 1.82) is 0 Å². The van der Waals surface area contributed by atoms with Crippen LogP contribution in [0.1, 0.15) is 35.3 Å². The summed E-state index contributed by atoms with van der Waals surface area (Å²) in [6.45, 7) is 10.0. The molecule has 1 aromatic heterocycles. The minimum absolute atomic E-state index is 0.128. The van der Waals surface area contributed by atoms with Crippen LogP contribution in [0.3, 0.4) is 0 Å². The van der Waals surface area contributed by atoms with Gasteiger partial charge in [0.05, 0.1) is 20.4 Å². The van der Waals surface area contributed by atoms with Gasteiger partial charge >= 0.3 is 0 Å². The Bertz CT molecular complexity index is 1200. The molecular formula is C23H27N3O3S2. The highest BCUT2D eigenvalue weighted by Gasteiger charge is 2.26. The number of carbonyl (C=O) groups is 1. The number of carbonyl (C=O) groups excluding carboxylic acids is 1. The number of aromatic nitrogens is 1. The molecule has 0 atom stereocenters. The number of piperazine rings is 1. The van der Waals surface area contributed by atoms with E-state index in [4.69, 9.17) is 4.98 Å². The Hall–Kier alpha value is -2.45. The maximum absolute atomic E-state index is 13.0. The van der Waals surface area contributed by atoms with Crippen molar-refractivity contribution in [2.24, 2.45) is 0 Å². The smallest absolute Gasteiger partial charge is 0.254 e. The number of nitrogens with zero attached hydrogens (tertiary/aromatic N) is 3. The van der Waals surface area contributed by atoms with Gasteiger partial charge in [0.1, 0.15) is 0 Å². The Morgan fingerprint density at radius 1 is 1.03 bits per heavy atom. The predicted molar refractivity (Wildman–Crippen MR) is 126 cm³/mol. The van der Waals surface area contributed by atoms with Crippen LogP contribution in [-0.2, 0) is 9.84 Å². The maximum atomic E-state index is 13.0. The summed E-state index contributed by atoms with van der Waals surface area (Å²) in [7, 11) is -3.41. The average molecular weight is 458 g/mol. The van der Waals surface area contributed by atoms with E-state index in [1.807, 2.05) is 0 Å². The summed E-state index contributed by atoms with van der Waals surface area (Å²) >= 11 is 1.70. The second-order valence-corrected chi connectivity index (χ2v) is 11.8. The van der Waals surface area contributed by atoms with Crippen molar-refractivity contribution >= 4 is 42.4 Å². The van der Waals surface area contributed by atoms with Crippen LogP contribution in [0.15, 0.2) is 41.3 Å². The van der Waals surface area contributed by atoms with Gasteiger partial charge in [-0.15, -0.1) is 0 Å². The largest absolute Gasteiger partial charge is 0.345 e. The van der Waals surface area contributed by atoms with E-state index in [0.29, 0.717) is 31.7 Å². The van der Waals surface area contributed by atoms with Gasteiger partial charge in [0.15, 0.2) is 15.0 Å². The number of hydrogen-bond donors (Lipinski definition) is 0. The topological polar surface area (TPSA) is 70.6 Å². The number of amides is 1. The molecule has 1 aliphatic heterocycles. The normalized spacial score (nSPS) is 15.1. The monoisotopic (exact) mass is 457 g/mol. The molecule has 0 saturated carbocycles. The SMILES string of the molecule is Cc1ccc(C)c2sc(N3CCN(C(=O)c4cccc(S(=O)(=O)C(C)C)c4)CC3)nc12. The Kier molecular flexibility index (Phi) is 5.79. The molecule has 1 fully saturated rings. The van der Waals surface area contributed by atoms with Gasteiger partial charge in [0.25, 0.3) is 5.91 Å². The fourth-order valence-electron chi connectivity index (χ4n) is 3.74. The maximum Gasteiger partial charge on any atom is 0.254 e. The molecule has 0 N–H and O–H groups in total. The van der Waals surface area contributed by atoms with Crippen LogP contribution < -0.4 is 4.90 Å². The van der Waals surface area contributed by atoms with E-state index in [9.17, 15) is 13.2 Å². The lowest BCUT2D eigenvalue weighted by Gasteiger charge is -2.34. The van der Waals surface area contributed by atoms with Crippen LogP contribution in [0.25, 0.3) is 10.2 Å². The van der Waals surface area contributed by atoms with Crippen molar-refractivity contribution in [3.63, 3.8) is 0 Å². The molecule has 8 heteroatoms. The summed E-state index contributed by atoms with van der Waals surface area (Å²) in [6.07, 6.45) is 0. The number of hydrogen-bond acceptors (Lipinski definition) is 6. The lowest BCUT2D eigenvalue weighted by molar-refractivity contribution is 0.0746. The highest BCUT2D eigenvalue weighted by atomic mass is 32.2.